The van der Waals surface area contributed by atoms with E-state index in [-0.39, 0.29) is 0 Å². The lowest BCUT2D eigenvalue weighted by Gasteiger charge is -2.22. The number of rotatable bonds is 5. The van der Waals surface area contributed by atoms with Crippen molar-refractivity contribution in [1.82, 2.24) is 24.7 Å². The maximum absolute atomic E-state index is 6.24. The molecule has 0 saturated carbocycles. The Morgan fingerprint density at radius 1 is 1.19 bits per heavy atom. The summed E-state index contributed by atoms with van der Waals surface area (Å²) in [4.78, 5) is 14.6. The minimum absolute atomic E-state index is 0.477. The lowest BCUT2D eigenvalue weighted by Crippen LogP contribution is -2.22. The fourth-order valence-corrected chi connectivity index (χ4v) is 4.55. The third-order valence-corrected chi connectivity index (χ3v) is 6.31. The van der Waals surface area contributed by atoms with Gasteiger partial charge in [-0.05, 0) is 44.5 Å². The normalized spacial score (nSPS) is 14.4. The number of methoxy groups -OCH3 is 1. The van der Waals surface area contributed by atoms with Crippen molar-refractivity contribution in [3.63, 3.8) is 0 Å². The fraction of sp³-hybridized carbons (Fsp3) is 0.304. The Hall–Kier alpha value is -3.30. The highest BCUT2D eigenvalue weighted by molar-refractivity contribution is 7.16. The number of hydrogen-bond donors (Lipinski definition) is 1. The molecule has 0 amide bonds. The summed E-state index contributed by atoms with van der Waals surface area (Å²) in [6.07, 6.45) is 3.79. The van der Waals surface area contributed by atoms with E-state index < -0.39 is 5.60 Å². The van der Waals surface area contributed by atoms with Crippen LogP contribution in [0.25, 0.3) is 11.3 Å². The molecule has 4 aromatic rings. The van der Waals surface area contributed by atoms with Crippen LogP contribution in [-0.2, 0) is 23.5 Å². The molecular formula is C23H24N6O2S. The number of aromatic nitrogens is 5. The molecule has 32 heavy (non-hydrogen) atoms. The highest BCUT2D eigenvalue weighted by Crippen LogP contribution is 2.42. The van der Waals surface area contributed by atoms with Crippen molar-refractivity contribution in [2.24, 2.45) is 0 Å². The SMILES string of the molecule is COc1ccc(Cn2cc3c(n2)C(C)(C)OCc2sc(Nc4nccc(C)n4)nc2-3)cc1. The average molecular weight is 449 g/mol. The number of thiazole rings is 1. The van der Waals surface area contributed by atoms with Gasteiger partial charge in [0, 0.05) is 23.7 Å². The van der Waals surface area contributed by atoms with E-state index in [0.717, 1.165) is 44.0 Å². The maximum Gasteiger partial charge on any atom is 0.229 e. The Bertz CT molecular complexity index is 1260. The van der Waals surface area contributed by atoms with E-state index >= 15 is 0 Å². The van der Waals surface area contributed by atoms with Crippen LogP contribution in [0, 0.1) is 6.92 Å². The summed E-state index contributed by atoms with van der Waals surface area (Å²) in [5, 5.41) is 8.84. The van der Waals surface area contributed by atoms with Gasteiger partial charge >= 0.3 is 0 Å². The second kappa shape index (κ2) is 7.99. The number of fused-ring (bicyclic) bond motifs is 3. The fourth-order valence-electron chi connectivity index (χ4n) is 3.67. The van der Waals surface area contributed by atoms with Gasteiger partial charge in [0.2, 0.25) is 5.95 Å². The lowest BCUT2D eigenvalue weighted by atomic mass is 10.0. The molecular weight excluding hydrogens is 424 g/mol. The quantitative estimate of drug-likeness (QED) is 0.475. The van der Waals surface area contributed by atoms with Gasteiger partial charge in [-0.2, -0.15) is 5.10 Å². The molecule has 0 fully saturated rings. The molecule has 8 nitrogen and oxygen atoms in total. The third kappa shape index (κ3) is 3.96. The zero-order valence-electron chi connectivity index (χ0n) is 18.4. The zero-order chi connectivity index (χ0) is 22.3. The van der Waals surface area contributed by atoms with Crippen molar-refractivity contribution < 1.29 is 9.47 Å². The standard InChI is InChI=1S/C23H24N6O2S/c1-14-9-10-24-21(25-14)27-22-26-19-17-12-29(11-15-5-7-16(30-4)8-6-15)28-20(17)23(2,3)31-13-18(19)32-22/h5-10,12H,11,13H2,1-4H3,(H,24,25,26,27). The number of nitrogens with one attached hydrogen (secondary N) is 1. The van der Waals surface area contributed by atoms with Crippen LogP contribution >= 0.6 is 11.3 Å². The molecule has 0 bridgehead atoms. The van der Waals surface area contributed by atoms with Crippen molar-refractivity contribution in [1.29, 1.82) is 0 Å². The number of benzene rings is 1. The summed E-state index contributed by atoms with van der Waals surface area (Å²) in [5.74, 6) is 1.37. The first kappa shape index (κ1) is 20.6. The van der Waals surface area contributed by atoms with Crippen LogP contribution in [0.15, 0.2) is 42.7 Å². The first-order valence-electron chi connectivity index (χ1n) is 10.3. The van der Waals surface area contributed by atoms with Crippen LogP contribution in [0.4, 0.5) is 11.1 Å². The molecule has 1 N–H and O–H groups in total. The molecule has 164 valence electrons. The molecule has 0 atom stereocenters. The van der Waals surface area contributed by atoms with Crippen molar-refractivity contribution in [2.45, 2.75) is 39.5 Å². The van der Waals surface area contributed by atoms with Crippen LogP contribution in [0.5, 0.6) is 5.75 Å². The summed E-state index contributed by atoms with van der Waals surface area (Å²) in [7, 11) is 1.67. The molecule has 0 radical (unpaired) electrons. The molecule has 3 aromatic heterocycles. The van der Waals surface area contributed by atoms with Crippen LogP contribution in [0.3, 0.4) is 0 Å². The number of nitrogens with zero attached hydrogens (tertiary/aromatic N) is 5. The van der Waals surface area contributed by atoms with Crippen LogP contribution in [-0.4, -0.2) is 31.8 Å². The molecule has 0 unspecified atom stereocenters. The van der Waals surface area contributed by atoms with Gasteiger partial charge in [0.25, 0.3) is 0 Å². The summed E-state index contributed by atoms with van der Waals surface area (Å²) >= 11 is 1.55. The Balaban J connectivity index is 1.49. The van der Waals surface area contributed by atoms with Gasteiger partial charge in [0.1, 0.15) is 17.0 Å². The Morgan fingerprint density at radius 3 is 2.75 bits per heavy atom. The third-order valence-electron chi connectivity index (χ3n) is 5.37. The van der Waals surface area contributed by atoms with Gasteiger partial charge in [-0.1, -0.05) is 23.5 Å². The van der Waals surface area contributed by atoms with Crippen LogP contribution in [0.2, 0.25) is 0 Å². The van der Waals surface area contributed by atoms with Crippen molar-refractivity contribution in [3.8, 4) is 17.0 Å². The molecule has 0 saturated heterocycles. The van der Waals surface area contributed by atoms with Gasteiger partial charge in [-0.3, -0.25) is 4.68 Å². The summed E-state index contributed by atoms with van der Waals surface area (Å²) in [5.41, 5.74) is 4.28. The molecule has 0 spiro atoms. The van der Waals surface area contributed by atoms with Crippen LogP contribution in [0.1, 0.15) is 35.7 Å². The van der Waals surface area contributed by atoms with E-state index in [0.29, 0.717) is 19.1 Å². The molecule has 1 aliphatic rings. The zero-order valence-corrected chi connectivity index (χ0v) is 19.2. The van der Waals surface area contributed by atoms with E-state index in [1.807, 2.05) is 55.8 Å². The van der Waals surface area contributed by atoms with Gasteiger partial charge in [0.15, 0.2) is 5.13 Å². The second-order valence-electron chi connectivity index (χ2n) is 8.17. The van der Waals surface area contributed by atoms with Gasteiger partial charge < -0.3 is 14.8 Å². The Kier molecular flexibility index (Phi) is 5.15. The van der Waals surface area contributed by atoms with Crippen molar-refractivity contribution in [3.05, 3.63) is 64.6 Å². The maximum atomic E-state index is 6.24. The topological polar surface area (TPSA) is 87.0 Å². The van der Waals surface area contributed by atoms with E-state index in [1.54, 1.807) is 24.6 Å². The molecule has 4 heterocycles. The minimum atomic E-state index is -0.520. The van der Waals surface area contributed by atoms with Gasteiger partial charge in [-0.15, -0.1) is 0 Å². The summed E-state index contributed by atoms with van der Waals surface area (Å²) < 4.78 is 13.4. The predicted molar refractivity (Wildman–Crippen MR) is 123 cm³/mol. The van der Waals surface area contributed by atoms with E-state index in [4.69, 9.17) is 19.6 Å². The summed E-state index contributed by atoms with van der Waals surface area (Å²) in [6, 6.07) is 9.88. The Morgan fingerprint density at radius 2 is 2.00 bits per heavy atom. The largest absolute Gasteiger partial charge is 0.497 e. The van der Waals surface area contributed by atoms with E-state index in [1.165, 1.54) is 0 Å². The minimum Gasteiger partial charge on any atom is -0.497 e. The van der Waals surface area contributed by atoms with E-state index in [9.17, 15) is 0 Å². The molecule has 1 aromatic carbocycles. The smallest absolute Gasteiger partial charge is 0.229 e. The lowest BCUT2D eigenvalue weighted by molar-refractivity contribution is -0.0337. The van der Waals surface area contributed by atoms with Gasteiger partial charge in [-0.25, -0.2) is 15.0 Å². The predicted octanol–water partition coefficient (Wildman–Crippen LogP) is 4.67. The van der Waals surface area contributed by atoms with Gasteiger partial charge in [0.05, 0.1) is 30.8 Å². The highest BCUT2D eigenvalue weighted by Gasteiger charge is 2.34. The second-order valence-corrected chi connectivity index (χ2v) is 9.26. The Labute approximate surface area is 190 Å². The summed E-state index contributed by atoms with van der Waals surface area (Å²) in [6.45, 7) is 7.16. The van der Waals surface area contributed by atoms with Crippen molar-refractivity contribution in [2.75, 3.05) is 12.4 Å². The molecule has 1 aliphatic heterocycles. The first-order valence-corrected chi connectivity index (χ1v) is 11.1. The average Bonchev–Trinajstić information content (AvgIpc) is 3.35. The monoisotopic (exact) mass is 448 g/mol. The highest BCUT2D eigenvalue weighted by atomic mass is 32.1. The van der Waals surface area contributed by atoms with E-state index in [2.05, 4.69) is 21.5 Å². The molecule has 9 heteroatoms. The van der Waals surface area contributed by atoms with Crippen LogP contribution < -0.4 is 10.1 Å². The molecule has 0 aliphatic carbocycles. The number of hydrogen-bond acceptors (Lipinski definition) is 8. The number of ether oxygens (including phenoxy) is 2. The first-order chi connectivity index (χ1) is 15.4. The number of anilines is 2. The molecule has 5 rings (SSSR count). The van der Waals surface area contributed by atoms with Crippen molar-refractivity contribution >= 4 is 22.4 Å². The number of aryl methyl sites for hydroxylation is 1.